The average molecular weight is 205 g/mol. The van der Waals surface area contributed by atoms with E-state index >= 15 is 0 Å². The van der Waals surface area contributed by atoms with Gasteiger partial charge in [-0.05, 0) is 19.8 Å². The van der Waals surface area contributed by atoms with E-state index in [4.69, 9.17) is 4.74 Å². The summed E-state index contributed by atoms with van der Waals surface area (Å²) in [6, 6.07) is 0. The largest absolute Gasteiger partial charge is 0.466 e. The summed E-state index contributed by atoms with van der Waals surface area (Å²) in [5.41, 5.74) is 0. The maximum atomic E-state index is 10.4. The molecule has 0 saturated heterocycles. The van der Waals surface area contributed by atoms with Gasteiger partial charge in [0.15, 0.2) is 0 Å². The zero-order chi connectivity index (χ0) is 11.0. The van der Waals surface area contributed by atoms with Crippen LogP contribution in [0.3, 0.4) is 0 Å². The third kappa shape index (κ3) is 8.92. The van der Waals surface area contributed by atoms with Crippen LogP contribution in [-0.2, 0) is 14.3 Å². The van der Waals surface area contributed by atoms with Crippen LogP contribution in [0.25, 0.3) is 0 Å². The lowest BCUT2D eigenvalue weighted by atomic mass is 10.2. The van der Waals surface area contributed by atoms with Gasteiger partial charge >= 0.3 is 12.7 Å². The van der Waals surface area contributed by atoms with Crippen LogP contribution < -0.4 is 0 Å². The number of esters is 1. The predicted octanol–water partition coefficient (Wildman–Crippen LogP) is 0.969. The lowest BCUT2D eigenvalue weighted by Crippen LogP contribution is -2.15. The standard InChI is InChI=1S/C8H15NO5/c1-7(14-6-9(11)12)4-3-5-13-8(2)10/h7H,3-6H2,1-2H3. The van der Waals surface area contributed by atoms with E-state index < -0.39 is 11.7 Å². The van der Waals surface area contributed by atoms with E-state index in [1.54, 1.807) is 6.92 Å². The van der Waals surface area contributed by atoms with E-state index in [2.05, 4.69) is 4.74 Å². The number of carbonyl (C=O) groups excluding carboxylic acids is 1. The van der Waals surface area contributed by atoms with Gasteiger partial charge < -0.3 is 9.47 Å². The Morgan fingerprint density at radius 2 is 2.21 bits per heavy atom. The summed E-state index contributed by atoms with van der Waals surface area (Å²) in [4.78, 5) is 19.8. The molecule has 6 nitrogen and oxygen atoms in total. The fraction of sp³-hybridized carbons (Fsp3) is 0.875. The van der Waals surface area contributed by atoms with Crippen LogP contribution in [0.5, 0.6) is 0 Å². The Hall–Kier alpha value is -1.17. The van der Waals surface area contributed by atoms with Gasteiger partial charge in [-0.25, -0.2) is 0 Å². The number of nitro groups is 1. The van der Waals surface area contributed by atoms with Gasteiger partial charge in [-0.1, -0.05) is 0 Å². The second kappa shape index (κ2) is 7.25. The Labute approximate surface area is 82.3 Å². The molecule has 0 aromatic rings. The zero-order valence-corrected chi connectivity index (χ0v) is 8.39. The molecule has 0 bridgehead atoms. The number of nitrogens with zero attached hydrogens (tertiary/aromatic N) is 1. The Morgan fingerprint density at radius 1 is 1.57 bits per heavy atom. The van der Waals surface area contributed by atoms with Gasteiger partial charge in [0.1, 0.15) is 0 Å². The minimum atomic E-state index is -0.525. The van der Waals surface area contributed by atoms with Crippen molar-refractivity contribution in [2.24, 2.45) is 0 Å². The van der Waals surface area contributed by atoms with Crippen LogP contribution in [0.2, 0.25) is 0 Å². The lowest BCUT2D eigenvalue weighted by Gasteiger charge is -2.09. The molecule has 0 aromatic heterocycles. The molecule has 6 heteroatoms. The van der Waals surface area contributed by atoms with Crippen LogP contribution in [0.1, 0.15) is 26.7 Å². The molecule has 1 unspecified atom stereocenters. The SMILES string of the molecule is CC(=O)OCCCC(C)OC[N+](=O)[O-]. The number of ether oxygens (including phenoxy) is 2. The fourth-order valence-corrected chi connectivity index (χ4v) is 0.858. The summed E-state index contributed by atoms with van der Waals surface area (Å²) in [7, 11) is 0. The Balaban J connectivity index is 3.30. The minimum absolute atomic E-state index is 0.184. The topological polar surface area (TPSA) is 78.7 Å². The van der Waals surface area contributed by atoms with E-state index in [1.807, 2.05) is 0 Å². The molecule has 0 aromatic carbocycles. The number of hydrogen-bond donors (Lipinski definition) is 0. The van der Waals surface area contributed by atoms with E-state index in [0.29, 0.717) is 19.4 Å². The van der Waals surface area contributed by atoms with Crippen molar-refractivity contribution in [1.29, 1.82) is 0 Å². The highest BCUT2D eigenvalue weighted by Gasteiger charge is 2.05. The van der Waals surface area contributed by atoms with Gasteiger partial charge in [0, 0.05) is 11.8 Å². The molecule has 0 N–H and O–H groups in total. The molecule has 0 amide bonds. The summed E-state index contributed by atoms with van der Waals surface area (Å²) >= 11 is 0. The van der Waals surface area contributed by atoms with Crippen LogP contribution in [0.4, 0.5) is 0 Å². The quantitative estimate of drug-likeness (QED) is 0.203. The maximum Gasteiger partial charge on any atom is 0.306 e. The van der Waals surface area contributed by atoms with Gasteiger partial charge in [-0.15, -0.1) is 0 Å². The first-order chi connectivity index (χ1) is 6.52. The second-order valence-corrected chi connectivity index (χ2v) is 2.92. The van der Waals surface area contributed by atoms with Crippen LogP contribution >= 0.6 is 0 Å². The zero-order valence-electron chi connectivity index (χ0n) is 8.39. The van der Waals surface area contributed by atoms with Gasteiger partial charge in [0.2, 0.25) is 0 Å². The van der Waals surface area contributed by atoms with Gasteiger partial charge in [0.05, 0.1) is 12.7 Å². The van der Waals surface area contributed by atoms with Crippen molar-refractivity contribution in [2.45, 2.75) is 32.8 Å². The van der Waals surface area contributed by atoms with Crippen molar-refractivity contribution < 1.29 is 19.2 Å². The normalized spacial score (nSPS) is 12.1. The highest BCUT2D eigenvalue weighted by molar-refractivity contribution is 5.65. The first kappa shape index (κ1) is 12.8. The summed E-state index contributed by atoms with van der Waals surface area (Å²) in [5, 5.41) is 9.93. The van der Waals surface area contributed by atoms with Crippen molar-refractivity contribution in [3.63, 3.8) is 0 Å². The average Bonchev–Trinajstić information content (AvgIpc) is 2.08. The third-order valence-corrected chi connectivity index (χ3v) is 1.52. The molecule has 1 atom stereocenters. The smallest absolute Gasteiger partial charge is 0.306 e. The lowest BCUT2D eigenvalue weighted by molar-refractivity contribution is -0.529. The predicted molar refractivity (Wildman–Crippen MR) is 48.3 cm³/mol. The molecule has 14 heavy (non-hydrogen) atoms. The van der Waals surface area contributed by atoms with Crippen molar-refractivity contribution in [2.75, 3.05) is 13.3 Å². The highest BCUT2D eigenvalue weighted by atomic mass is 16.7. The second-order valence-electron chi connectivity index (χ2n) is 2.92. The molecule has 0 aliphatic rings. The number of carbonyl (C=O) groups is 1. The Morgan fingerprint density at radius 3 is 2.71 bits per heavy atom. The molecular formula is C8H15NO5. The molecule has 0 radical (unpaired) electrons. The van der Waals surface area contributed by atoms with Crippen molar-refractivity contribution in [3.05, 3.63) is 10.1 Å². The molecule has 0 rings (SSSR count). The highest BCUT2D eigenvalue weighted by Crippen LogP contribution is 2.01. The molecule has 0 aliphatic carbocycles. The summed E-state index contributed by atoms with van der Waals surface area (Å²) in [6.45, 7) is 2.94. The summed E-state index contributed by atoms with van der Waals surface area (Å²) < 4.78 is 9.56. The molecule has 0 aliphatic heterocycles. The molecular weight excluding hydrogens is 190 g/mol. The van der Waals surface area contributed by atoms with E-state index in [0.717, 1.165) is 0 Å². The molecule has 0 fully saturated rings. The van der Waals surface area contributed by atoms with Crippen molar-refractivity contribution in [1.82, 2.24) is 0 Å². The Bertz CT molecular complexity index is 194. The maximum absolute atomic E-state index is 10.4. The van der Waals surface area contributed by atoms with Crippen LogP contribution in [0.15, 0.2) is 0 Å². The molecule has 0 saturated carbocycles. The van der Waals surface area contributed by atoms with Crippen LogP contribution in [-0.4, -0.2) is 30.3 Å². The van der Waals surface area contributed by atoms with Gasteiger partial charge in [-0.2, -0.15) is 0 Å². The van der Waals surface area contributed by atoms with E-state index in [9.17, 15) is 14.9 Å². The minimum Gasteiger partial charge on any atom is -0.466 e. The van der Waals surface area contributed by atoms with Crippen molar-refractivity contribution in [3.8, 4) is 0 Å². The monoisotopic (exact) mass is 205 g/mol. The van der Waals surface area contributed by atoms with E-state index in [1.165, 1.54) is 6.92 Å². The van der Waals surface area contributed by atoms with Crippen molar-refractivity contribution >= 4 is 5.97 Å². The molecule has 0 spiro atoms. The van der Waals surface area contributed by atoms with Gasteiger partial charge in [-0.3, -0.25) is 14.9 Å². The first-order valence-electron chi connectivity index (χ1n) is 4.39. The van der Waals surface area contributed by atoms with E-state index in [-0.39, 0.29) is 12.1 Å². The summed E-state index contributed by atoms with van der Waals surface area (Å²) in [5.74, 6) is -0.316. The number of hydrogen-bond acceptors (Lipinski definition) is 5. The molecule has 82 valence electrons. The molecule has 0 heterocycles. The summed E-state index contributed by atoms with van der Waals surface area (Å²) in [6.07, 6.45) is 1.11. The van der Waals surface area contributed by atoms with Crippen LogP contribution in [0, 0.1) is 10.1 Å². The Kier molecular flexibility index (Phi) is 6.65. The van der Waals surface area contributed by atoms with Gasteiger partial charge in [0.25, 0.3) is 0 Å². The third-order valence-electron chi connectivity index (χ3n) is 1.52. The number of rotatable bonds is 7. The fourth-order valence-electron chi connectivity index (χ4n) is 0.858. The first-order valence-corrected chi connectivity index (χ1v) is 4.39.